The summed E-state index contributed by atoms with van der Waals surface area (Å²) in [6.45, 7) is 3.22. The molecule has 2 aliphatic heterocycles. The molecule has 3 heterocycles. The molecule has 8 heteroatoms. The van der Waals surface area contributed by atoms with Crippen molar-refractivity contribution in [2.75, 3.05) is 26.2 Å². The zero-order chi connectivity index (χ0) is 19.3. The fraction of sp³-hybridized carbons (Fsp3) is 0.600. The van der Waals surface area contributed by atoms with Crippen LogP contribution in [0.1, 0.15) is 32.1 Å². The number of amides is 1. The van der Waals surface area contributed by atoms with Gasteiger partial charge in [0.2, 0.25) is 5.82 Å². The highest BCUT2D eigenvalue weighted by molar-refractivity contribution is 5.77. The van der Waals surface area contributed by atoms with E-state index in [0.29, 0.717) is 23.5 Å². The summed E-state index contributed by atoms with van der Waals surface area (Å²) in [6, 6.07) is 8.01. The molecule has 1 aromatic heterocycles. The predicted octanol–water partition coefficient (Wildman–Crippen LogP) is 1.64. The normalized spacial score (nSPS) is 22.5. The number of nitrogens with zero attached hydrogens (tertiary/aromatic N) is 5. The Balaban J connectivity index is 1.23. The zero-order valence-electron chi connectivity index (χ0n) is 16.4. The van der Waals surface area contributed by atoms with E-state index in [9.17, 15) is 4.79 Å². The van der Waals surface area contributed by atoms with Gasteiger partial charge in [0.25, 0.3) is 5.91 Å². The van der Waals surface area contributed by atoms with Gasteiger partial charge in [-0.15, -0.1) is 10.2 Å². The highest BCUT2D eigenvalue weighted by atomic mass is 16.5. The number of tetrazole rings is 1. The third-order valence-corrected chi connectivity index (χ3v) is 5.78. The fourth-order valence-electron chi connectivity index (χ4n) is 4.36. The minimum Gasteiger partial charge on any atom is -0.484 e. The second-order valence-corrected chi connectivity index (χ2v) is 7.72. The number of ether oxygens (including phenoxy) is 1. The van der Waals surface area contributed by atoms with Gasteiger partial charge in [0.1, 0.15) is 5.75 Å². The van der Waals surface area contributed by atoms with Crippen molar-refractivity contribution in [1.29, 1.82) is 0 Å². The number of aryl methyl sites for hydroxylation is 1. The molecule has 2 atom stereocenters. The van der Waals surface area contributed by atoms with Crippen molar-refractivity contribution in [3.8, 4) is 17.1 Å². The molecule has 0 radical (unpaired) electrons. The second-order valence-electron chi connectivity index (χ2n) is 7.72. The van der Waals surface area contributed by atoms with E-state index in [0.717, 1.165) is 12.1 Å². The molecule has 2 fully saturated rings. The van der Waals surface area contributed by atoms with Crippen molar-refractivity contribution in [3.63, 3.8) is 0 Å². The molecule has 0 unspecified atom stereocenters. The summed E-state index contributed by atoms with van der Waals surface area (Å²) in [5.41, 5.74) is 0.860. The van der Waals surface area contributed by atoms with Crippen molar-refractivity contribution >= 4 is 5.91 Å². The minimum atomic E-state index is -0.0624. The maximum absolute atomic E-state index is 12.2. The largest absolute Gasteiger partial charge is 0.484 e. The first kappa shape index (κ1) is 18.9. The molecule has 2 aromatic rings. The maximum atomic E-state index is 12.2. The van der Waals surface area contributed by atoms with E-state index in [2.05, 4.69) is 25.6 Å². The lowest BCUT2D eigenvalue weighted by atomic mass is 9.83. The number of hydrogen-bond acceptors (Lipinski definition) is 6. The van der Waals surface area contributed by atoms with Gasteiger partial charge in [-0.3, -0.25) is 4.79 Å². The third kappa shape index (κ3) is 4.49. The molecular formula is C20H28N6O2. The van der Waals surface area contributed by atoms with Gasteiger partial charge in [-0.2, -0.15) is 4.80 Å². The molecular weight excluding hydrogens is 356 g/mol. The van der Waals surface area contributed by atoms with E-state index < -0.39 is 0 Å². The number of hydrogen-bond donors (Lipinski definition) is 1. The van der Waals surface area contributed by atoms with Crippen LogP contribution in [0.15, 0.2) is 24.3 Å². The molecule has 8 nitrogen and oxygen atoms in total. The molecule has 150 valence electrons. The summed E-state index contributed by atoms with van der Waals surface area (Å²) in [5.74, 6) is 1.72. The van der Waals surface area contributed by atoms with Gasteiger partial charge in [-0.05, 0) is 74.2 Å². The lowest BCUT2D eigenvalue weighted by molar-refractivity contribution is -0.123. The van der Waals surface area contributed by atoms with Crippen LogP contribution in [0.25, 0.3) is 11.4 Å². The zero-order valence-corrected chi connectivity index (χ0v) is 16.4. The maximum Gasteiger partial charge on any atom is 0.257 e. The number of carbonyl (C=O) groups excluding carboxylic acids is 1. The number of fused-ring (bicyclic) bond motifs is 1. The number of rotatable bonds is 6. The SMILES string of the molecule is Cn1nnc(-c2ccc(OCC(=O)NC[C@@H]3CCCN4CCCC[C@H]34)cc2)n1. The highest BCUT2D eigenvalue weighted by Crippen LogP contribution is 2.30. The fourth-order valence-corrected chi connectivity index (χ4v) is 4.36. The summed E-state index contributed by atoms with van der Waals surface area (Å²) in [4.78, 5) is 16.3. The standard InChI is InChI=1S/C20H28N6O2/c1-25-23-20(22-24-25)15-7-9-17(10-8-15)28-14-19(27)21-13-16-5-4-12-26-11-3-2-6-18(16)26/h7-10,16,18H,2-6,11-14H2,1H3,(H,21,27)/t16-,18+/m0/s1. The van der Waals surface area contributed by atoms with E-state index in [1.807, 2.05) is 24.3 Å². The van der Waals surface area contributed by atoms with Crippen LogP contribution in [0, 0.1) is 5.92 Å². The van der Waals surface area contributed by atoms with Crippen molar-refractivity contribution < 1.29 is 9.53 Å². The van der Waals surface area contributed by atoms with E-state index in [1.54, 1.807) is 7.05 Å². The lowest BCUT2D eigenvalue weighted by Crippen LogP contribution is -2.51. The number of aromatic nitrogens is 4. The van der Waals surface area contributed by atoms with Crippen LogP contribution in [-0.2, 0) is 11.8 Å². The Morgan fingerprint density at radius 2 is 2.00 bits per heavy atom. The molecule has 2 saturated heterocycles. The Morgan fingerprint density at radius 3 is 2.79 bits per heavy atom. The van der Waals surface area contributed by atoms with Gasteiger partial charge in [-0.1, -0.05) is 6.42 Å². The second kappa shape index (κ2) is 8.68. The summed E-state index contributed by atoms with van der Waals surface area (Å²) in [6.07, 6.45) is 6.34. The summed E-state index contributed by atoms with van der Waals surface area (Å²) >= 11 is 0. The van der Waals surface area contributed by atoms with Gasteiger partial charge < -0.3 is 15.0 Å². The highest BCUT2D eigenvalue weighted by Gasteiger charge is 2.32. The van der Waals surface area contributed by atoms with Crippen LogP contribution in [0.2, 0.25) is 0 Å². The lowest BCUT2D eigenvalue weighted by Gasteiger charge is -2.44. The molecule has 28 heavy (non-hydrogen) atoms. The molecule has 0 saturated carbocycles. The molecule has 0 bridgehead atoms. The summed E-state index contributed by atoms with van der Waals surface area (Å²) < 4.78 is 5.63. The Bertz CT molecular complexity index is 788. The van der Waals surface area contributed by atoms with Crippen LogP contribution >= 0.6 is 0 Å². The number of carbonyl (C=O) groups is 1. The topological polar surface area (TPSA) is 85.2 Å². The van der Waals surface area contributed by atoms with E-state index in [1.165, 1.54) is 50.0 Å². The number of piperidine rings is 2. The number of benzene rings is 1. The molecule has 2 aliphatic rings. The smallest absolute Gasteiger partial charge is 0.257 e. The quantitative estimate of drug-likeness (QED) is 0.815. The molecule has 1 amide bonds. The van der Waals surface area contributed by atoms with Crippen molar-refractivity contribution in [2.45, 2.75) is 38.1 Å². The van der Waals surface area contributed by atoms with E-state index in [4.69, 9.17) is 4.74 Å². The summed E-state index contributed by atoms with van der Waals surface area (Å²) in [7, 11) is 1.73. The third-order valence-electron chi connectivity index (χ3n) is 5.78. The minimum absolute atomic E-state index is 0.0316. The van der Waals surface area contributed by atoms with Crippen LogP contribution in [0.3, 0.4) is 0 Å². The van der Waals surface area contributed by atoms with Crippen LogP contribution in [0.4, 0.5) is 0 Å². The molecule has 0 aliphatic carbocycles. The first-order chi connectivity index (χ1) is 13.7. The molecule has 0 spiro atoms. The van der Waals surface area contributed by atoms with E-state index >= 15 is 0 Å². The van der Waals surface area contributed by atoms with Gasteiger partial charge in [0.05, 0.1) is 7.05 Å². The average Bonchev–Trinajstić information content (AvgIpc) is 3.17. The molecule has 1 N–H and O–H groups in total. The molecule has 1 aromatic carbocycles. The summed E-state index contributed by atoms with van der Waals surface area (Å²) in [5, 5.41) is 15.1. The Labute approximate surface area is 165 Å². The van der Waals surface area contributed by atoms with Crippen LogP contribution in [-0.4, -0.2) is 63.3 Å². The first-order valence-electron chi connectivity index (χ1n) is 10.2. The predicted molar refractivity (Wildman–Crippen MR) is 105 cm³/mol. The van der Waals surface area contributed by atoms with Gasteiger partial charge >= 0.3 is 0 Å². The van der Waals surface area contributed by atoms with Gasteiger partial charge in [0.15, 0.2) is 6.61 Å². The van der Waals surface area contributed by atoms with Gasteiger partial charge in [-0.25, -0.2) is 0 Å². The molecule has 4 rings (SSSR count). The van der Waals surface area contributed by atoms with E-state index in [-0.39, 0.29) is 12.5 Å². The Kier molecular flexibility index (Phi) is 5.85. The van der Waals surface area contributed by atoms with Crippen molar-refractivity contribution in [2.24, 2.45) is 13.0 Å². The monoisotopic (exact) mass is 384 g/mol. The van der Waals surface area contributed by atoms with Gasteiger partial charge in [0, 0.05) is 18.2 Å². The van der Waals surface area contributed by atoms with Crippen LogP contribution in [0.5, 0.6) is 5.75 Å². The Hall–Kier alpha value is -2.48. The van der Waals surface area contributed by atoms with Crippen molar-refractivity contribution in [1.82, 2.24) is 30.4 Å². The number of nitrogens with one attached hydrogen (secondary N) is 1. The average molecular weight is 384 g/mol. The van der Waals surface area contributed by atoms with Crippen LogP contribution < -0.4 is 10.1 Å². The Morgan fingerprint density at radius 1 is 1.18 bits per heavy atom. The first-order valence-corrected chi connectivity index (χ1v) is 10.2. The van der Waals surface area contributed by atoms with Crippen molar-refractivity contribution in [3.05, 3.63) is 24.3 Å².